The highest BCUT2D eigenvalue weighted by atomic mass is 15.0. The first-order valence-corrected chi connectivity index (χ1v) is 4.29. The molecule has 1 aliphatic heterocycles. The quantitative estimate of drug-likeness (QED) is 0.612. The van der Waals surface area contributed by atoms with Gasteiger partial charge in [-0.3, -0.25) is 4.99 Å². The fourth-order valence-corrected chi connectivity index (χ4v) is 1.51. The van der Waals surface area contributed by atoms with Crippen molar-refractivity contribution >= 4 is 5.71 Å². The van der Waals surface area contributed by atoms with Gasteiger partial charge in [0, 0.05) is 18.0 Å². The summed E-state index contributed by atoms with van der Waals surface area (Å²) in [5.41, 5.74) is 1.25. The van der Waals surface area contributed by atoms with E-state index < -0.39 is 0 Å². The van der Waals surface area contributed by atoms with Gasteiger partial charge in [0.1, 0.15) is 0 Å². The number of nitrogens with zero attached hydrogens (tertiary/aromatic N) is 1. The van der Waals surface area contributed by atoms with E-state index in [0.717, 1.165) is 13.0 Å². The van der Waals surface area contributed by atoms with E-state index in [1.807, 2.05) is 0 Å². The number of rotatable bonds is 3. The van der Waals surface area contributed by atoms with E-state index in [-0.39, 0.29) is 0 Å². The molecule has 1 rings (SSSR count). The summed E-state index contributed by atoms with van der Waals surface area (Å²) in [5.74, 6) is 0. The second kappa shape index (κ2) is 4.29. The van der Waals surface area contributed by atoms with Crippen molar-refractivity contribution in [2.45, 2.75) is 32.2 Å². The minimum atomic E-state index is 0.526. The summed E-state index contributed by atoms with van der Waals surface area (Å²) in [6.45, 7) is 6.89. The lowest BCUT2D eigenvalue weighted by Crippen LogP contribution is -2.30. The predicted octanol–water partition coefficient (Wildman–Crippen LogP) is 1.73. The van der Waals surface area contributed by atoms with Crippen LogP contribution >= 0.6 is 0 Å². The van der Waals surface area contributed by atoms with Crippen molar-refractivity contribution in [3.05, 3.63) is 12.8 Å². The van der Waals surface area contributed by atoms with Crippen LogP contribution in [0, 0.1) is 0 Å². The Balaban J connectivity index is 2.53. The molecule has 0 amide bonds. The van der Waals surface area contributed by atoms with Crippen LogP contribution < -0.4 is 5.32 Å². The fraction of sp³-hybridized carbons (Fsp3) is 0.667. The average molecular weight is 152 g/mol. The first-order chi connectivity index (χ1) is 5.38. The summed E-state index contributed by atoms with van der Waals surface area (Å²) in [6, 6.07) is 0.526. The second-order valence-corrected chi connectivity index (χ2v) is 2.81. The Morgan fingerprint density at radius 2 is 2.64 bits per heavy atom. The molecule has 0 unspecified atom stereocenters. The van der Waals surface area contributed by atoms with E-state index in [9.17, 15) is 0 Å². The monoisotopic (exact) mass is 152 g/mol. The molecule has 1 saturated heterocycles. The maximum Gasteiger partial charge on any atom is 0.0455 e. The van der Waals surface area contributed by atoms with Crippen molar-refractivity contribution in [3.63, 3.8) is 0 Å². The van der Waals surface area contributed by atoms with Gasteiger partial charge in [-0.2, -0.15) is 0 Å². The molecule has 11 heavy (non-hydrogen) atoms. The molecule has 1 atom stereocenters. The van der Waals surface area contributed by atoms with Gasteiger partial charge in [0.05, 0.1) is 0 Å². The largest absolute Gasteiger partial charge is 0.309 e. The Hall–Kier alpha value is -0.630. The number of aliphatic imine (C=N–C) groups is 1. The summed E-state index contributed by atoms with van der Waals surface area (Å²) < 4.78 is 0. The lowest BCUT2D eigenvalue weighted by molar-refractivity contribution is 0.749. The summed E-state index contributed by atoms with van der Waals surface area (Å²) >= 11 is 0. The van der Waals surface area contributed by atoms with Gasteiger partial charge < -0.3 is 5.32 Å². The van der Waals surface area contributed by atoms with Crippen molar-refractivity contribution < 1.29 is 0 Å². The molecule has 0 aliphatic carbocycles. The van der Waals surface area contributed by atoms with Crippen LogP contribution in [0.1, 0.15) is 26.2 Å². The third kappa shape index (κ3) is 2.15. The van der Waals surface area contributed by atoms with E-state index in [0.29, 0.717) is 6.04 Å². The molecule has 2 nitrogen and oxygen atoms in total. The molecule has 0 aromatic rings. The van der Waals surface area contributed by atoms with Gasteiger partial charge in [-0.05, 0) is 25.8 Å². The van der Waals surface area contributed by atoms with Crippen molar-refractivity contribution in [2.24, 2.45) is 4.99 Å². The zero-order valence-electron chi connectivity index (χ0n) is 7.14. The van der Waals surface area contributed by atoms with Gasteiger partial charge in [-0.1, -0.05) is 13.5 Å². The molecule has 0 aromatic carbocycles. The van der Waals surface area contributed by atoms with Crippen LogP contribution in [0.4, 0.5) is 0 Å². The van der Waals surface area contributed by atoms with E-state index in [1.165, 1.54) is 18.6 Å². The van der Waals surface area contributed by atoms with Crippen LogP contribution in [0.2, 0.25) is 0 Å². The molecular weight excluding hydrogens is 136 g/mol. The Morgan fingerprint density at radius 3 is 3.09 bits per heavy atom. The maximum atomic E-state index is 4.24. The molecule has 0 bridgehead atoms. The van der Waals surface area contributed by atoms with Gasteiger partial charge in [-0.15, -0.1) is 0 Å². The minimum absolute atomic E-state index is 0.526. The van der Waals surface area contributed by atoms with Crippen LogP contribution in [0.15, 0.2) is 17.8 Å². The SMILES string of the molecule is C=C/N=C(\CC)[C@@H]1CCCN1. The zero-order chi connectivity index (χ0) is 8.10. The Bertz CT molecular complexity index is 155. The topological polar surface area (TPSA) is 24.4 Å². The summed E-state index contributed by atoms with van der Waals surface area (Å²) in [7, 11) is 0. The van der Waals surface area contributed by atoms with Crippen LogP contribution in [0.5, 0.6) is 0 Å². The molecule has 62 valence electrons. The molecule has 1 N–H and O–H groups in total. The van der Waals surface area contributed by atoms with Crippen LogP contribution in [0.25, 0.3) is 0 Å². The smallest absolute Gasteiger partial charge is 0.0455 e. The van der Waals surface area contributed by atoms with E-state index in [1.54, 1.807) is 6.20 Å². The molecular formula is C9H16N2. The van der Waals surface area contributed by atoms with Crippen LogP contribution in [-0.4, -0.2) is 18.3 Å². The normalized spacial score (nSPS) is 25.5. The maximum absolute atomic E-state index is 4.24. The molecule has 1 aliphatic rings. The highest BCUT2D eigenvalue weighted by molar-refractivity contribution is 5.90. The Morgan fingerprint density at radius 1 is 1.82 bits per heavy atom. The van der Waals surface area contributed by atoms with Crippen LogP contribution in [0.3, 0.4) is 0 Å². The first-order valence-electron chi connectivity index (χ1n) is 4.29. The Labute approximate surface area is 68.4 Å². The van der Waals surface area contributed by atoms with Gasteiger partial charge in [0.2, 0.25) is 0 Å². The van der Waals surface area contributed by atoms with Crippen molar-refractivity contribution in [2.75, 3.05) is 6.54 Å². The highest BCUT2D eigenvalue weighted by Gasteiger charge is 2.17. The molecule has 2 heteroatoms. The van der Waals surface area contributed by atoms with Gasteiger partial charge in [0.25, 0.3) is 0 Å². The molecule has 0 spiro atoms. The van der Waals surface area contributed by atoms with E-state index >= 15 is 0 Å². The predicted molar refractivity (Wildman–Crippen MR) is 48.9 cm³/mol. The number of hydrogen-bond donors (Lipinski definition) is 1. The second-order valence-electron chi connectivity index (χ2n) is 2.81. The molecule has 0 saturated carbocycles. The minimum Gasteiger partial charge on any atom is -0.309 e. The molecule has 1 heterocycles. The van der Waals surface area contributed by atoms with Crippen molar-refractivity contribution in [3.8, 4) is 0 Å². The van der Waals surface area contributed by atoms with Crippen molar-refractivity contribution in [1.82, 2.24) is 5.32 Å². The fourth-order valence-electron chi connectivity index (χ4n) is 1.51. The van der Waals surface area contributed by atoms with Crippen molar-refractivity contribution in [1.29, 1.82) is 0 Å². The number of nitrogens with one attached hydrogen (secondary N) is 1. The molecule has 0 radical (unpaired) electrons. The van der Waals surface area contributed by atoms with E-state index in [2.05, 4.69) is 23.8 Å². The van der Waals surface area contributed by atoms with E-state index in [4.69, 9.17) is 0 Å². The highest BCUT2D eigenvalue weighted by Crippen LogP contribution is 2.08. The zero-order valence-corrected chi connectivity index (χ0v) is 7.14. The summed E-state index contributed by atoms with van der Waals surface area (Å²) in [4.78, 5) is 4.24. The lowest BCUT2D eigenvalue weighted by atomic mass is 10.1. The molecule has 0 aromatic heterocycles. The lowest BCUT2D eigenvalue weighted by Gasteiger charge is -2.10. The average Bonchev–Trinajstić information content (AvgIpc) is 2.52. The van der Waals surface area contributed by atoms with Gasteiger partial charge in [-0.25, -0.2) is 0 Å². The van der Waals surface area contributed by atoms with Crippen LogP contribution in [-0.2, 0) is 0 Å². The van der Waals surface area contributed by atoms with Gasteiger partial charge >= 0.3 is 0 Å². The standard InChI is InChI=1S/C9H16N2/c1-3-8(10-4-2)9-6-5-7-11-9/h4,9,11H,2-3,5-7H2,1H3/b10-8+/t9-/m0/s1. The third-order valence-corrected chi connectivity index (χ3v) is 2.08. The molecule has 1 fully saturated rings. The summed E-state index contributed by atoms with van der Waals surface area (Å²) in [6.07, 6.45) is 5.18. The third-order valence-electron chi connectivity index (χ3n) is 2.08. The first kappa shape index (κ1) is 8.47. The summed E-state index contributed by atoms with van der Waals surface area (Å²) in [5, 5.41) is 3.41. The Kier molecular flexibility index (Phi) is 3.30. The number of hydrogen-bond acceptors (Lipinski definition) is 2. The van der Waals surface area contributed by atoms with Gasteiger partial charge in [0.15, 0.2) is 0 Å².